The van der Waals surface area contributed by atoms with Crippen LogP contribution in [-0.2, 0) is 9.53 Å². The van der Waals surface area contributed by atoms with Crippen LogP contribution < -0.4 is 0 Å². The minimum atomic E-state index is -0.890. The molecular weight excluding hydrogens is 352 g/mol. The van der Waals surface area contributed by atoms with Gasteiger partial charge in [0.1, 0.15) is 4.75 Å². The molecule has 0 fully saturated rings. The minimum absolute atomic E-state index is 0.0291. The van der Waals surface area contributed by atoms with E-state index in [9.17, 15) is 9.59 Å². The number of unbranched alkanes of at least 4 members (excludes halogenated alkanes) is 9. The molecule has 0 aromatic carbocycles. The van der Waals surface area contributed by atoms with Gasteiger partial charge < -0.3 is 4.74 Å². The minimum Gasteiger partial charge on any atom is -0.451 e. The summed E-state index contributed by atoms with van der Waals surface area (Å²) in [5.74, 6) is 2.63. The van der Waals surface area contributed by atoms with Crippen LogP contribution >= 0.6 is 23.5 Å². The van der Waals surface area contributed by atoms with Crippen molar-refractivity contribution in [2.75, 3.05) is 12.4 Å². The number of hydrogen-bond acceptors (Lipinski definition) is 5. The Morgan fingerprint density at radius 3 is 2.00 bits per heavy atom. The van der Waals surface area contributed by atoms with Crippen LogP contribution in [0.15, 0.2) is 0 Å². The summed E-state index contributed by atoms with van der Waals surface area (Å²) in [6.45, 7) is 5.57. The first-order chi connectivity index (χ1) is 11.9. The topological polar surface area (TPSA) is 43.4 Å². The molecule has 0 aliphatic heterocycles. The average molecular weight is 387 g/mol. The molecule has 0 heterocycles. The van der Waals surface area contributed by atoms with Crippen LogP contribution in [0.4, 0.5) is 4.79 Å². The van der Waals surface area contributed by atoms with E-state index < -0.39 is 10.7 Å². The number of esters is 1. The van der Waals surface area contributed by atoms with Crippen molar-refractivity contribution in [1.82, 2.24) is 0 Å². The van der Waals surface area contributed by atoms with Crippen LogP contribution in [0.1, 0.15) is 85.0 Å². The molecule has 0 N–H and O–H groups in total. The second-order valence-corrected chi connectivity index (χ2v) is 9.59. The molecule has 0 bridgehead atoms. The number of thioether (sulfide) groups is 2. The normalized spacial score (nSPS) is 11.1. The molecule has 0 radical (unpaired) electrons. The largest absolute Gasteiger partial charge is 0.451 e. The van der Waals surface area contributed by atoms with Crippen LogP contribution in [0.5, 0.6) is 0 Å². The predicted molar refractivity (Wildman–Crippen MR) is 111 cm³/mol. The van der Waals surface area contributed by atoms with Crippen molar-refractivity contribution >= 4 is 33.9 Å². The zero-order valence-corrected chi connectivity index (χ0v) is 17.7. The molecule has 0 aliphatic carbocycles. The third-order valence-electron chi connectivity index (χ3n) is 3.83. The highest BCUT2D eigenvalue weighted by atomic mass is 32.2. The first kappa shape index (κ1) is 24.4. The van der Waals surface area contributed by atoms with Gasteiger partial charge in [-0.25, -0.2) is 0 Å². The third-order valence-corrected chi connectivity index (χ3v) is 6.01. The van der Waals surface area contributed by atoms with Gasteiger partial charge in [-0.15, -0.1) is 6.42 Å². The van der Waals surface area contributed by atoms with Crippen molar-refractivity contribution in [3.05, 3.63) is 0 Å². The Morgan fingerprint density at radius 1 is 0.960 bits per heavy atom. The van der Waals surface area contributed by atoms with Gasteiger partial charge in [-0.1, -0.05) is 94.2 Å². The molecule has 0 saturated heterocycles. The Kier molecular flexibility index (Phi) is 15.3. The number of carbonyl (C=O) groups excluding carboxylic acids is 2. The summed E-state index contributed by atoms with van der Waals surface area (Å²) in [5.41, 5.74) is 0. The van der Waals surface area contributed by atoms with Crippen molar-refractivity contribution in [3.8, 4) is 12.3 Å². The molecule has 3 nitrogen and oxygen atoms in total. The number of rotatable bonds is 14. The molecule has 0 spiro atoms. The first-order valence-corrected chi connectivity index (χ1v) is 11.2. The van der Waals surface area contributed by atoms with Crippen molar-refractivity contribution < 1.29 is 14.3 Å². The fourth-order valence-electron chi connectivity index (χ4n) is 2.31. The lowest BCUT2D eigenvalue weighted by Crippen LogP contribution is -2.31. The summed E-state index contributed by atoms with van der Waals surface area (Å²) in [6.07, 6.45) is 17.9. The van der Waals surface area contributed by atoms with Gasteiger partial charge in [-0.05, 0) is 20.3 Å². The van der Waals surface area contributed by atoms with Gasteiger partial charge in [0.15, 0.2) is 6.61 Å². The highest BCUT2D eigenvalue weighted by Crippen LogP contribution is 2.32. The first-order valence-electron chi connectivity index (χ1n) is 9.40. The standard InChI is InChI=1S/C20H34O3S2/c1-5-7-8-9-10-11-12-13-14-15-17-24-19(22)25-20(3,4)18(21)23-16-6-2/h2H,5,7-17H2,1,3-4H3. The maximum atomic E-state index is 12.0. The fraction of sp³-hybridized carbons (Fsp3) is 0.800. The fourth-order valence-corrected chi connectivity index (χ4v) is 4.49. The maximum absolute atomic E-state index is 12.0. The molecule has 5 heteroatoms. The maximum Gasteiger partial charge on any atom is 0.323 e. The third kappa shape index (κ3) is 14.3. The van der Waals surface area contributed by atoms with Crippen LogP contribution in [0, 0.1) is 12.3 Å². The van der Waals surface area contributed by atoms with E-state index in [0.717, 1.165) is 23.9 Å². The second kappa shape index (κ2) is 15.6. The Labute approximate surface area is 162 Å². The number of terminal acetylenes is 1. The number of ether oxygens (including phenoxy) is 1. The smallest absolute Gasteiger partial charge is 0.323 e. The van der Waals surface area contributed by atoms with E-state index in [1.807, 2.05) is 0 Å². The summed E-state index contributed by atoms with van der Waals surface area (Å²) in [7, 11) is 0. The quantitative estimate of drug-likeness (QED) is 0.195. The highest BCUT2D eigenvalue weighted by molar-refractivity contribution is 8.39. The van der Waals surface area contributed by atoms with Gasteiger partial charge in [-0.3, -0.25) is 9.59 Å². The number of carbonyl (C=O) groups is 2. The molecule has 0 rings (SSSR count). The summed E-state index contributed by atoms with van der Waals surface area (Å²) in [4.78, 5) is 23.8. The lowest BCUT2D eigenvalue weighted by Gasteiger charge is -2.19. The van der Waals surface area contributed by atoms with Gasteiger partial charge in [0.25, 0.3) is 0 Å². The van der Waals surface area contributed by atoms with Crippen molar-refractivity contribution in [2.45, 2.75) is 89.7 Å². The van der Waals surface area contributed by atoms with Gasteiger partial charge in [0, 0.05) is 5.75 Å². The Bertz CT molecular complexity index is 414. The molecular formula is C20H34O3S2. The van der Waals surface area contributed by atoms with Crippen LogP contribution in [0.3, 0.4) is 0 Å². The zero-order chi connectivity index (χ0) is 19.0. The van der Waals surface area contributed by atoms with Crippen molar-refractivity contribution in [3.63, 3.8) is 0 Å². The van der Waals surface area contributed by atoms with E-state index >= 15 is 0 Å². The van der Waals surface area contributed by atoms with E-state index in [4.69, 9.17) is 11.2 Å². The summed E-state index contributed by atoms with van der Waals surface area (Å²) >= 11 is 2.32. The lowest BCUT2D eigenvalue weighted by atomic mass is 10.1. The molecule has 0 atom stereocenters. The van der Waals surface area contributed by atoms with E-state index in [1.165, 1.54) is 69.5 Å². The summed E-state index contributed by atoms with van der Waals surface area (Å²) < 4.78 is 3.99. The lowest BCUT2D eigenvalue weighted by molar-refractivity contribution is -0.144. The number of hydrogen-bond donors (Lipinski definition) is 0. The van der Waals surface area contributed by atoms with E-state index in [2.05, 4.69) is 12.8 Å². The molecule has 0 aromatic rings. The van der Waals surface area contributed by atoms with Crippen molar-refractivity contribution in [1.29, 1.82) is 0 Å². The van der Waals surface area contributed by atoms with Gasteiger partial charge in [0.2, 0.25) is 4.45 Å². The molecule has 0 saturated carbocycles. The molecule has 0 amide bonds. The highest BCUT2D eigenvalue weighted by Gasteiger charge is 2.33. The Hall–Kier alpha value is -0.600. The van der Waals surface area contributed by atoms with E-state index in [1.54, 1.807) is 13.8 Å². The summed E-state index contributed by atoms with van der Waals surface area (Å²) in [6, 6.07) is 0. The zero-order valence-electron chi connectivity index (χ0n) is 16.1. The molecule has 0 aromatic heterocycles. The monoisotopic (exact) mass is 386 g/mol. The predicted octanol–water partition coefficient (Wildman–Crippen LogP) is 6.45. The Balaban J connectivity index is 3.61. The van der Waals surface area contributed by atoms with Gasteiger partial charge in [-0.2, -0.15) is 0 Å². The molecule has 0 aliphatic rings. The van der Waals surface area contributed by atoms with Gasteiger partial charge in [0.05, 0.1) is 0 Å². The second-order valence-electron chi connectivity index (χ2n) is 6.67. The Morgan fingerprint density at radius 2 is 1.48 bits per heavy atom. The molecule has 144 valence electrons. The van der Waals surface area contributed by atoms with Crippen LogP contribution in [-0.4, -0.2) is 27.5 Å². The van der Waals surface area contributed by atoms with Gasteiger partial charge >= 0.3 is 5.97 Å². The van der Waals surface area contributed by atoms with Crippen LogP contribution in [0.25, 0.3) is 0 Å². The van der Waals surface area contributed by atoms with E-state index in [0.29, 0.717) is 0 Å². The molecule has 25 heavy (non-hydrogen) atoms. The van der Waals surface area contributed by atoms with Crippen LogP contribution in [0.2, 0.25) is 0 Å². The summed E-state index contributed by atoms with van der Waals surface area (Å²) in [5, 5.41) is 0. The average Bonchev–Trinajstić information content (AvgIpc) is 2.57. The molecule has 0 unspecified atom stereocenters. The van der Waals surface area contributed by atoms with Crippen molar-refractivity contribution in [2.24, 2.45) is 0 Å². The van der Waals surface area contributed by atoms with E-state index in [-0.39, 0.29) is 11.1 Å². The SMILES string of the molecule is C#CCOC(=O)C(C)(C)SC(=O)SCCCCCCCCCCCC.